The number of rotatable bonds is 6. The Kier molecular flexibility index (Phi) is 5.19. The van der Waals surface area contributed by atoms with Crippen LogP contribution in [0.3, 0.4) is 0 Å². The third kappa shape index (κ3) is 3.85. The van der Waals surface area contributed by atoms with Gasteiger partial charge in [-0.15, -0.1) is 0 Å². The molecule has 1 aromatic carbocycles. The van der Waals surface area contributed by atoms with E-state index in [1.54, 1.807) is 11.0 Å². The summed E-state index contributed by atoms with van der Waals surface area (Å²) in [4.78, 5) is 13.0. The van der Waals surface area contributed by atoms with Crippen molar-refractivity contribution in [1.82, 2.24) is 4.31 Å². The second kappa shape index (κ2) is 6.31. The second-order valence-electron chi connectivity index (χ2n) is 5.20. The van der Waals surface area contributed by atoms with E-state index in [0.29, 0.717) is 5.69 Å². The minimum Gasteiger partial charge on any atom is -0.397 e. The maximum atomic E-state index is 12.1. The molecule has 0 bridgehead atoms. The number of amides is 1. The lowest BCUT2D eigenvalue weighted by molar-refractivity contribution is -0.116. The van der Waals surface area contributed by atoms with Crippen LogP contribution in [0.2, 0.25) is 0 Å². The number of hydrogen-bond donors (Lipinski definition) is 2. The van der Waals surface area contributed by atoms with E-state index in [4.69, 9.17) is 11.5 Å². The molecule has 0 fully saturated rings. The van der Waals surface area contributed by atoms with E-state index in [0.717, 1.165) is 4.31 Å². The van der Waals surface area contributed by atoms with Crippen molar-refractivity contribution in [2.24, 2.45) is 5.73 Å². The molecule has 8 heteroatoms. The molecule has 0 spiro atoms. The highest BCUT2D eigenvalue weighted by Crippen LogP contribution is 2.28. The highest BCUT2D eigenvalue weighted by Gasteiger charge is 2.21. The van der Waals surface area contributed by atoms with Gasteiger partial charge in [0.05, 0.1) is 22.8 Å². The number of carbonyl (C=O) groups excluding carboxylic acids is 1. The molecule has 0 heterocycles. The van der Waals surface area contributed by atoms with E-state index in [9.17, 15) is 13.2 Å². The van der Waals surface area contributed by atoms with E-state index < -0.39 is 15.9 Å². The number of hydrogen-bond acceptors (Lipinski definition) is 5. The lowest BCUT2D eigenvalue weighted by Gasteiger charge is -2.29. The van der Waals surface area contributed by atoms with Gasteiger partial charge in [-0.25, -0.2) is 12.7 Å². The fourth-order valence-corrected chi connectivity index (χ4v) is 2.82. The molecule has 0 aromatic heterocycles. The molecule has 0 radical (unpaired) electrons. The number of benzene rings is 1. The Labute approximate surface area is 125 Å². The first kappa shape index (κ1) is 17.3. The van der Waals surface area contributed by atoms with Gasteiger partial charge in [-0.2, -0.15) is 0 Å². The summed E-state index contributed by atoms with van der Waals surface area (Å²) in [6, 6.07) is 4.45. The number of carbonyl (C=O) groups is 1. The minimum absolute atomic E-state index is 0.00361. The van der Waals surface area contributed by atoms with Gasteiger partial charge in [0.1, 0.15) is 0 Å². The Balaban J connectivity index is 3.27. The van der Waals surface area contributed by atoms with Crippen LogP contribution in [0, 0.1) is 0 Å². The van der Waals surface area contributed by atoms with Crippen LogP contribution in [0.1, 0.15) is 13.8 Å². The van der Waals surface area contributed by atoms with Gasteiger partial charge in [0.25, 0.3) is 0 Å². The lowest BCUT2D eigenvalue weighted by Crippen LogP contribution is -2.39. The predicted molar refractivity (Wildman–Crippen MR) is 83.4 cm³/mol. The normalized spacial score (nSPS) is 11.9. The van der Waals surface area contributed by atoms with Gasteiger partial charge in [-0.3, -0.25) is 4.79 Å². The Morgan fingerprint density at radius 2 is 1.86 bits per heavy atom. The molecule has 7 nitrogen and oxygen atoms in total. The molecule has 0 unspecified atom stereocenters. The molecule has 0 saturated heterocycles. The van der Waals surface area contributed by atoms with Crippen LogP contribution >= 0.6 is 0 Å². The average Bonchev–Trinajstić information content (AvgIpc) is 2.35. The number of nitrogen functional groups attached to an aromatic ring is 1. The van der Waals surface area contributed by atoms with E-state index in [2.05, 4.69) is 0 Å². The third-order valence-corrected chi connectivity index (χ3v) is 4.85. The lowest BCUT2D eigenvalue weighted by atomic mass is 10.2. The van der Waals surface area contributed by atoms with Crippen molar-refractivity contribution in [2.75, 3.05) is 31.3 Å². The number of nitrogens with zero attached hydrogens (tertiary/aromatic N) is 2. The van der Waals surface area contributed by atoms with Crippen molar-refractivity contribution in [2.45, 2.75) is 24.8 Å². The van der Waals surface area contributed by atoms with Crippen LogP contribution in [-0.4, -0.2) is 45.3 Å². The Hall–Kier alpha value is -1.80. The van der Waals surface area contributed by atoms with Crippen molar-refractivity contribution in [1.29, 1.82) is 0 Å². The topological polar surface area (TPSA) is 110 Å². The van der Waals surface area contributed by atoms with Crippen molar-refractivity contribution in [3.8, 4) is 0 Å². The fraction of sp³-hybridized carbons (Fsp3) is 0.462. The number of anilines is 2. The molecule has 0 aliphatic carbocycles. The van der Waals surface area contributed by atoms with E-state index in [1.807, 2.05) is 13.8 Å². The zero-order valence-electron chi connectivity index (χ0n) is 12.7. The summed E-state index contributed by atoms with van der Waals surface area (Å²) >= 11 is 0. The summed E-state index contributed by atoms with van der Waals surface area (Å²) in [7, 11) is -0.639. The third-order valence-electron chi connectivity index (χ3n) is 3.04. The minimum atomic E-state index is -3.54. The molecule has 21 heavy (non-hydrogen) atoms. The first-order valence-electron chi connectivity index (χ1n) is 6.44. The summed E-state index contributed by atoms with van der Waals surface area (Å²) in [5, 5.41) is 0. The average molecular weight is 314 g/mol. The molecule has 1 aromatic rings. The quantitative estimate of drug-likeness (QED) is 0.730. The fourth-order valence-electron chi connectivity index (χ4n) is 1.88. The smallest absolute Gasteiger partial charge is 0.242 e. The molecule has 0 saturated carbocycles. The van der Waals surface area contributed by atoms with Gasteiger partial charge in [0, 0.05) is 20.1 Å². The standard InChI is InChI=1S/C13H22N4O3S/c1-9(2)17(8-13(15)18)12-6-5-10(7-11(12)14)21(19,20)16(3)4/h5-7,9H,8,14H2,1-4H3,(H2,15,18). The Bertz CT molecular complexity index is 626. The molecule has 0 aliphatic heterocycles. The van der Waals surface area contributed by atoms with Crippen molar-refractivity contribution >= 4 is 27.3 Å². The summed E-state index contributed by atoms with van der Waals surface area (Å²) in [5.41, 5.74) is 12.1. The van der Waals surface area contributed by atoms with Crippen LogP contribution in [0.25, 0.3) is 0 Å². The zero-order valence-corrected chi connectivity index (χ0v) is 13.5. The molecular weight excluding hydrogens is 292 g/mol. The first-order valence-corrected chi connectivity index (χ1v) is 7.88. The molecule has 4 N–H and O–H groups in total. The summed E-state index contributed by atoms with van der Waals surface area (Å²) in [6.45, 7) is 3.81. The van der Waals surface area contributed by atoms with Gasteiger partial charge in [-0.1, -0.05) is 0 Å². The monoisotopic (exact) mass is 314 g/mol. The van der Waals surface area contributed by atoms with Crippen LogP contribution in [0.15, 0.2) is 23.1 Å². The van der Waals surface area contributed by atoms with Gasteiger partial charge in [0.15, 0.2) is 0 Å². The molecule has 0 aliphatic rings. The molecular formula is C13H22N4O3S. The van der Waals surface area contributed by atoms with Crippen LogP contribution in [0.4, 0.5) is 11.4 Å². The summed E-state index contributed by atoms with van der Waals surface area (Å²) < 4.78 is 25.2. The molecule has 118 valence electrons. The van der Waals surface area contributed by atoms with Gasteiger partial charge in [-0.05, 0) is 32.0 Å². The van der Waals surface area contributed by atoms with Crippen LogP contribution in [0.5, 0.6) is 0 Å². The second-order valence-corrected chi connectivity index (χ2v) is 7.35. The van der Waals surface area contributed by atoms with Gasteiger partial charge in [0.2, 0.25) is 15.9 Å². The summed E-state index contributed by atoms with van der Waals surface area (Å²) in [6.07, 6.45) is 0. The van der Waals surface area contributed by atoms with Gasteiger partial charge >= 0.3 is 0 Å². The maximum absolute atomic E-state index is 12.1. The summed E-state index contributed by atoms with van der Waals surface area (Å²) in [5.74, 6) is -0.479. The van der Waals surface area contributed by atoms with E-state index in [1.165, 1.54) is 26.2 Å². The molecule has 0 atom stereocenters. The van der Waals surface area contributed by atoms with Crippen molar-refractivity contribution in [3.05, 3.63) is 18.2 Å². The Morgan fingerprint density at radius 3 is 2.24 bits per heavy atom. The van der Waals surface area contributed by atoms with E-state index >= 15 is 0 Å². The van der Waals surface area contributed by atoms with Crippen molar-refractivity contribution < 1.29 is 13.2 Å². The Morgan fingerprint density at radius 1 is 1.29 bits per heavy atom. The zero-order chi connectivity index (χ0) is 16.4. The predicted octanol–water partition coefficient (Wildman–Crippen LogP) is 0.219. The molecule has 1 amide bonds. The van der Waals surface area contributed by atoms with Crippen LogP contribution < -0.4 is 16.4 Å². The number of sulfonamides is 1. The highest BCUT2D eigenvalue weighted by molar-refractivity contribution is 7.89. The largest absolute Gasteiger partial charge is 0.397 e. The van der Waals surface area contributed by atoms with Gasteiger partial charge < -0.3 is 16.4 Å². The SMILES string of the molecule is CC(C)N(CC(N)=O)c1ccc(S(=O)(=O)N(C)C)cc1N. The number of nitrogens with two attached hydrogens (primary N) is 2. The molecule has 1 rings (SSSR count). The van der Waals surface area contributed by atoms with E-state index in [-0.39, 0.29) is 23.2 Å². The van der Waals surface area contributed by atoms with Crippen molar-refractivity contribution in [3.63, 3.8) is 0 Å². The van der Waals surface area contributed by atoms with Crippen LogP contribution in [-0.2, 0) is 14.8 Å². The highest BCUT2D eigenvalue weighted by atomic mass is 32.2. The maximum Gasteiger partial charge on any atom is 0.242 e. The first-order chi connectivity index (χ1) is 9.57. The number of primary amides is 1.